The van der Waals surface area contributed by atoms with Gasteiger partial charge in [-0.1, -0.05) is 13.8 Å². The molecule has 0 saturated heterocycles. The van der Waals surface area contributed by atoms with E-state index in [-0.39, 0.29) is 12.2 Å². The molecule has 2 heteroatoms. The third-order valence-electron chi connectivity index (χ3n) is 1.90. The van der Waals surface area contributed by atoms with E-state index >= 15 is 0 Å². The van der Waals surface area contributed by atoms with E-state index in [1.807, 2.05) is 6.92 Å². The van der Waals surface area contributed by atoms with Gasteiger partial charge in [-0.2, -0.15) is 0 Å². The van der Waals surface area contributed by atoms with Crippen molar-refractivity contribution in [2.45, 2.75) is 45.8 Å². The summed E-state index contributed by atoms with van der Waals surface area (Å²) in [6.07, 6.45) is 2.59. The van der Waals surface area contributed by atoms with E-state index in [1.54, 1.807) is 7.11 Å². The number of methoxy groups -OCH3 is 1. The summed E-state index contributed by atoms with van der Waals surface area (Å²) >= 11 is 0. The lowest BCUT2D eigenvalue weighted by molar-refractivity contribution is -0.0550. The highest BCUT2D eigenvalue weighted by molar-refractivity contribution is 4.66. The third-order valence-corrected chi connectivity index (χ3v) is 1.90. The molecule has 0 aromatic rings. The maximum atomic E-state index is 5.51. The second-order valence-electron chi connectivity index (χ2n) is 2.58. The molecule has 0 aliphatic heterocycles. The maximum absolute atomic E-state index is 5.51. The van der Waals surface area contributed by atoms with Gasteiger partial charge in [-0.15, -0.1) is 0 Å². The molecule has 0 N–H and O–H groups in total. The molecule has 11 heavy (non-hydrogen) atoms. The Bertz CT molecular complexity index is 79.6. The lowest BCUT2D eigenvalue weighted by Gasteiger charge is -2.23. The molecule has 0 aliphatic carbocycles. The Hall–Kier alpha value is -0.0800. The van der Waals surface area contributed by atoms with E-state index < -0.39 is 0 Å². The smallest absolute Gasteiger partial charge is 0.0833 e. The van der Waals surface area contributed by atoms with Crippen LogP contribution in [0.3, 0.4) is 0 Å². The molecule has 1 unspecified atom stereocenters. The Morgan fingerprint density at radius 2 is 1.55 bits per heavy atom. The lowest BCUT2D eigenvalue weighted by Crippen LogP contribution is -2.29. The van der Waals surface area contributed by atoms with Crippen LogP contribution in [0.15, 0.2) is 0 Å². The fraction of sp³-hybridized carbons (Fsp3) is 1.00. The Labute approximate surface area is 69.9 Å². The van der Waals surface area contributed by atoms with E-state index in [1.165, 1.54) is 0 Å². The van der Waals surface area contributed by atoms with Crippen molar-refractivity contribution >= 4 is 0 Å². The number of rotatable bonds is 6. The predicted molar refractivity (Wildman–Crippen MR) is 46.8 cm³/mol. The Morgan fingerprint density at radius 3 is 1.82 bits per heavy atom. The van der Waals surface area contributed by atoms with Crippen molar-refractivity contribution in [1.82, 2.24) is 0 Å². The van der Waals surface area contributed by atoms with Gasteiger partial charge >= 0.3 is 0 Å². The van der Waals surface area contributed by atoms with Crippen molar-refractivity contribution in [1.29, 1.82) is 0 Å². The largest absolute Gasteiger partial charge is 0.379 e. The van der Waals surface area contributed by atoms with Gasteiger partial charge in [-0.3, -0.25) is 0 Å². The van der Waals surface area contributed by atoms with Crippen LogP contribution in [0, 0.1) is 0 Å². The molecule has 0 radical (unpaired) electrons. The first-order chi connectivity index (χ1) is 5.29. The molecular formula is C9H20O2. The molecule has 0 spiro atoms. The minimum atomic E-state index is 0.264. The Morgan fingerprint density at radius 1 is 1.00 bits per heavy atom. The minimum absolute atomic E-state index is 0.264. The zero-order valence-electron chi connectivity index (χ0n) is 8.09. The molecular weight excluding hydrogens is 140 g/mol. The summed E-state index contributed by atoms with van der Waals surface area (Å²) in [6, 6.07) is 0. The van der Waals surface area contributed by atoms with Crippen LogP contribution >= 0.6 is 0 Å². The standard InChI is InChI=1S/C9H20O2/c1-5-8(10-4)9(6-2)11-7-3/h8-9H,5-7H2,1-4H3/t8?,9-/m0/s1. The van der Waals surface area contributed by atoms with E-state index in [0.717, 1.165) is 19.4 Å². The van der Waals surface area contributed by atoms with Crippen LogP contribution in [-0.2, 0) is 9.47 Å². The van der Waals surface area contributed by atoms with Crippen LogP contribution in [0.25, 0.3) is 0 Å². The summed E-state index contributed by atoms with van der Waals surface area (Å²) in [7, 11) is 1.75. The van der Waals surface area contributed by atoms with Crippen molar-refractivity contribution in [2.24, 2.45) is 0 Å². The zero-order chi connectivity index (χ0) is 8.69. The highest BCUT2D eigenvalue weighted by atomic mass is 16.5. The van der Waals surface area contributed by atoms with Gasteiger partial charge in [0.25, 0.3) is 0 Å². The molecule has 0 heterocycles. The maximum Gasteiger partial charge on any atom is 0.0833 e. The Kier molecular flexibility index (Phi) is 6.57. The molecule has 0 bridgehead atoms. The van der Waals surface area contributed by atoms with Crippen LogP contribution in [-0.4, -0.2) is 25.9 Å². The summed E-state index contributed by atoms with van der Waals surface area (Å²) in [6.45, 7) is 7.04. The van der Waals surface area contributed by atoms with E-state index in [0.29, 0.717) is 0 Å². The molecule has 0 rings (SSSR count). The average molecular weight is 160 g/mol. The van der Waals surface area contributed by atoms with Crippen molar-refractivity contribution in [3.05, 3.63) is 0 Å². The van der Waals surface area contributed by atoms with E-state index in [9.17, 15) is 0 Å². The van der Waals surface area contributed by atoms with Crippen LogP contribution < -0.4 is 0 Å². The second kappa shape index (κ2) is 6.62. The fourth-order valence-corrected chi connectivity index (χ4v) is 1.28. The van der Waals surface area contributed by atoms with Crippen LogP contribution in [0.1, 0.15) is 33.6 Å². The van der Waals surface area contributed by atoms with Gasteiger partial charge in [0, 0.05) is 13.7 Å². The summed E-state index contributed by atoms with van der Waals surface area (Å²) in [5, 5.41) is 0. The van der Waals surface area contributed by atoms with Crippen LogP contribution in [0.2, 0.25) is 0 Å². The summed E-state index contributed by atoms with van der Waals surface area (Å²) < 4.78 is 10.8. The molecule has 0 aliphatic rings. The molecule has 0 fully saturated rings. The van der Waals surface area contributed by atoms with Crippen molar-refractivity contribution in [3.8, 4) is 0 Å². The molecule has 2 nitrogen and oxygen atoms in total. The van der Waals surface area contributed by atoms with Crippen molar-refractivity contribution < 1.29 is 9.47 Å². The lowest BCUT2D eigenvalue weighted by atomic mass is 10.1. The second-order valence-corrected chi connectivity index (χ2v) is 2.58. The summed E-state index contributed by atoms with van der Waals surface area (Å²) in [5.41, 5.74) is 0. The normalized spacial score (nSPS) is 16.4. The van der Waals surface area contributed by atoms with Gasteiger partial charge in [0.05, 0.1) is 12.2 Å². The van der Waals surface area contributed by atoms with Gasteiger partial charge < -0.3 is 9.47 Å². The van der Waals surface area contributed by atoms with Gasteiger partial charge in [0.15, 0.2) is 0 Å². The highest BCUT2D eigenvalue weighted by Crippen LogP contribution is 2.10. The number of hydrogen-bond acceptors (Lipinski definition) is 2. The first-order valence-electron chi connectivity index (χ1n) is 4.44. The first kappa shape index (κ1) is 10.9. The average Bonchev–Trinajstić information content (AvgIpc) is 2.05. The van der Waals surface area contributed by atoms with Crippen molar-refractivity contribution in [3.63, 3.8) is 0 Å². The zero-order valence-corrected chi connectivity index (χ0v) is 8.09. The van der Waals surface area contributed by atoms with Gasteiger partial charge in [-0.25, -0.2) is 0 Å². The molecule has 2 atom stereocenters. The first-order valence-corrected chi connectivity index (χ1v) is 4.44. The molecule has 0 aromatic carbocycles. The van der Waals surface area contributed by atoms with Crippen LogP contribution in [0.4, 0.5) is 0 Å². The molecule has 68 valence electrons. The molecule has 0 saturated carbocycles. The quantitative estimate of drug-likeness (QED) is 0.593. The summed E-state index contributed by atoms with van der Waals surface area (Å²) in [5.74, 6) is 0. The number of hydrogen-bond donors (Lipinski definition) is 0. The fourth-order valence-electron chi connectivity index (χ4n) is 1.28. The summed E-state index contributed by atoms with van der Waals surface area (Å²) in [4.78, 5) is 0. The van der Waals surface area contributed by atoms with Gasteiger partial charge in [-0.05, 0) is 19.8 Å². The molecule has 0 amide bonds. The van der Waals surface area contributed by atoms with Crippen LogP contribution in [0.5, 0.6) is 0 Å². The predicted octanol–water partition coefficient (Wildman–Crippen LogP) is 2.23. The molecule has 0 aromatic heterocycles. The third kappa shape index (κ3) is 3.73. The van der Waals surface area contributed by atoms with Gasteiger partial charge in [0.2, 0.25) is 0 Å². The van der Waals surface area contributed by atoms with E-state index in [2.05, 4.69) is 13.8 Å². The van der Waals surface area contributed by atoms with E-state index in [4.69, 9.17) is 9.47 Å². The topological polar surface area (TPSA) is 18.5 Å². The SMILES string of the molecule is CCO[C@@H](CC)C(CC)OC. The highest BCUT2D eigenvalue weighted by Gasteiger charge is 2.16. The monoisotopic (exact) mass is 160 g/mol. The Balaban J connectivity index is 3.76. The van der Waals surface area contributed by atoms with Crippen molar-refractivity contribution in [2.75, 3.05) is 13.7 Å². The van der Waals surface area contributed by atoms with Gasteiger partial charge in [0.1, 0.15) is 0 Å². The number of ether oxygens (including phenoxy) is 2. The minimum Gasteiger partial charge on any atom is -0.379 e.